The van der Waals surface area contributed by atoms with Crippen LogP contribution in [0.5, 0.6) is 0 Å². The molecular formula is C16H23N3O. The van der Waals surface area contributed by atoms with Crippen molar-refractivity contribution in [2.45, 2.75) is 56.5 Å². The minimum Gasteiger partial charge on any atom is -0.349 e. The molecule has 0 radical (unpaired) electrons. The zero-order chi connectivity index (χ0) is 13.8. The molecule has 1 aliphatic carbocycles. The van der Waals surface area contributed by atoms with E-state index in [1.807, 2.05) is 0 Å². The molecule has 1 aliphatic heterocycles. The molecule has 1 atom stereocenters. The first-order valence-electron chi connectivity index (χ1n) is 7.73. The van der Waals surface area contributed by atoms with E-state index in [1.165, 1.54) is 32.1 Å². The molecule has 20 heavy (non-hydrogen) atoms. The minimum absolute atomic E-state index is 0.0326. The second kappa shape index (κ2) is 5.92. The predicted octanol–water partition coefficient (Wildman–Crippen LogP) is 2.27. The first-order chi connectivity index (χ1) is 9.77. The van der Waals surface area contributed by atoms with E-state index in [-0.39, 0.29) is 11.4 Å². The normalized spacial score (nSPS) is 25.3. The van der Waals surface area contributed by atoms with Gasteiger partial charge in [-0.2, -0.15) is 0 Å². The third kappa shape index (κ3) is 3.01. The fourth-order valence-corrected chi connectivity index (χ4v) is 3.66. The van der Waals surface area contributed by atoms with Gasteiger partial charge in [0.05, 0.1) is 0 Å². The van der Waals surface area contributed by atoms with E-state index < -0.39 is 0 Å². The molecule has 1 aromatic heterocycles. The number of nitrogens with one attached hydrogen (secondary N) is 2. The second-order valence-electron chi connectivity index (χ2n) is 6.17. The van der Waals surface area contributed by atoms with Crippen molar-refractivity contribution < 1.29 is 4.79 Å². The molecule has 2 heterocycles. The highest BCUT2D eigenvalue weighted by molar-refractivity contribution is 5.94. The number of carbonyl (C=O) groups is 1. The van der Waals surface area contributed by atoms with E-state index in [0.717, 1.165) is 19.4 Å². The number of hydrogen-bond acceptors (Lipinski definition) is 3. The fourth-order valence-electron chi connectivity index (χ4n) is 3.66. The summed E-state index contributed by atoms with van der Waals surface area (Å²) in [7, 11) is 0. The maximum atomic E-state index is 12.2. The maximum absolute atomic E-state index is 12.2. The van der Waals surface area contributed by atoms with Gasteiger partial charge in [-0.25, -0.2) is 0 Å². The molecule has 0 bridgehead atoms. The van der Waals surface area contributed by atoms with Crippen molar-refractivity contribution in [3.63, 3.8) is 0 Å². The molecule has 1 spiro atoms. The molecule has 4 heteroatoms. The van der Waals surface area contributed by atoms with Crippen LogP contribution in [-0.2, 0) is 0 Å². The van der Waals surface area contributed by atoms with Crippen LogP contribution in [0.15, 0.2) is 24.5 Å². The number of carbonyl (C=O) groups excluding carboxylic acids is 1. The topological polar surface area (TPSA) is 54.0 Å². The van der Waals surface area contributed by atoms with Crippen LogP contribution in [-0.4, -0.2) is 29.0 Å². The SMILES string of the molecule is O=C(NC1CCNC2(CCCCC2)C1)c1ccncc1. The highest BCUT2D eigenvalue weighted by Crippen LogP contribution is 2.34. The third-order valence-electron chi connectivity index (χ3n) is 4.72. The fraction of sp³-hybridized carbons (Fsp3) is 0.625. The second-order valence-corrected chi connectivity index (χ2v) is 6.17. The van der Waals surface area contributed by atoms with Gasteiger partial charge in [0, 0.05) is 29.5 Å². The number of aromatic nitrogens is 1. The first kappa shape index (κ1) is 13.6. The summed E-state index contributed by atoms with van der Waals surface area (Å²) in [5.41, 5.74) is 0.989. The molecule has 1 saturated heterocycles. The van der Waals surface area contributed by atoms with Crippen molar-refractivity contribution in [3.05, 3.63) is 30.1 Å². The Hall–Kier alpha value is -1.42. The van der Waals surface area contributed by atoms with Gasteiger partial charge in [0.1, 0.15) is 0 Å². The number of piperidine rings is 1. The Kier molecular flexibility index (Phi) is 4.01. The van der Waals surface area contributed by atoms with E-state index >= 15 is 0 Å². The number of rotatable bonds is 2. The van der Waals surface area contributed by atoms with Gasteiger partial charge >= 0.3 is 0 Å². The smallest absolute Gasteiger partial charge is 0.251 e. The molecule has 2 fully saturated rings. The molecule has 2 N–H and O–H groups in total. The number of hydrogen-bond donors (Lipinski definition) is 2. The van der Waals surface area contributed by atoms with E-state index in [4.69, 9.17) is 0 Å². The predicted molar refractivity (Wildman–Crippen MR) is 78.5 cm³/mol. The number of amides is 1. The van der Waals surface area contributed by atoms with Crippen molar-refractivity contribution >= 4 is 5.91 Å². The molecule has 3 rings (SSSR count). The van der Waals surface area contributed by atoms with Crippen LogP contribution < -0.4 is 10.6 Å². The summed E-state index contributed by atoms with van der Waals surface area (Å²) in [6.07, 6.45) is 11.9. The van der Waals surface area contributed by atoms with E-state index in [0.29, 0.717) is 11.6 Å². The summed E-state index contributed by atoms with van der Waals surface area (Å²) in [6, 6.07) is 3.84. The molecule has 2 aliphatic rings. The Bertz CT molecular complexity index is 449. The van der Waals surface area contributed by atoms with Gasteiger partial charge in [-0.3, -0.25) is 9.78 Å². The van der Waals surface area contributed by atoms with Crippen LogP contribution in [0.3, 0.4) is 0 Å². The van der Waals surface area contributed by atoms with Crippen LogP contribution in [0.4, 0.5) is 0 Å². The number of pyridine rings is 1. The van der Waals surface area contributed by atoms with Crippen molar-refractivity contribution in [2.24, 2.45) is 0 Å². The monoisotopic (exact) mass is 273 g/mol. The van der Waals surface area contributed by atoms with Crippen molar-refractivity contribution in [1.82, 2.24) is 15.6 Å². The van der Waals surface area contributed by atoms with Gasteiger partial charge in [0.2, 0.25) is 0 Å². The largest absolute Gasteiger partial charge is 0.349 e. The van der Waals surface area contributed by atoms with Crippen LogP contribution >= 0.6 is 0 Å². The zero-order valence-corrected chi connectivity index (χ0v) is 11.9. The molecule has 0 aromatic carbocycles. The Labute approximate surface area is 120 Å². The number of nitrogens with zero attached hydrogens (tertiary/aromatic N) is 1. The first-order valence-corrected chi connectivity index (χ1v) is 7.73. The summed E-state index contributed by atoms with van der Waals surface area (Å²) in [5, 5.41) is 6.92. The Morgan fingerprint density at radius 2 is 2.00 bits per heavy atom. The molecular weight excluding hydrogens is 250 g/mol. The van der Waals surface area contributed by atoms with Crippen LogP contribution in [0, 0.1) is 0 Å². The molecule has 1 amide bonds. The Balaban J connectivity index is 1.61. The maximum Gasteiger partial charge on any atom is 0.251 e. The van der Waals surface area contributed by atoms with Gasteiger partial charge in [0.25, 0.3) is 5.91 Å². The third-order valence-corrected chi connectivity index (χ3v) is 4.72. The van der Waals surface area contributed by atoms with Crippen LogP contribution in [0.1, 0.15) is 55.3 Å². The highest BCUT2D eigenvalue weighted by atomic mass is 16.1. The average Bonchev–Trinajstić information content (AvgIpc) is 2.49. The minimum atomic E-state index is 0.0326. The quantitative estimate of drug-likeness (QED) is 0.869. The summed E-state index contributed by atoms with van der Waals surface area (Å²) in [5.74, 6) is 0.0326. The van der Waals surface area contributed by atoms with E-state index in [1.54, 1.807) is 24.5 Å². The Morgan fingerprint density at radius 1 is 1.25 bits per heavy atom. The van der Waals surface area contributed by atoms with Gasteiger partial charge in [0.15, 0.2) is 0 Å². The molecule has 1 aromatic rings. The summed E-state index contributed by atoms with van der Waals surface area (Å²) < 4.78 is 0. The summed E-state index contributed by atoms with van der Waals surface area (Å²) in [4.78, 5) is 16.2. The lowest BCUT2D eigenvalue weighted by atomic mass is 9.75. The lowest BCUT2D eigenvalue weighted by Gasteiger charge is -2.44. The van der Waals surface area contributed by atoms with Crippen molar-refractivity contribution in [1.29, 1.82) is 0 Å². The molecule has 108 valence electrons. The van der Waals surface area contributed by atoms with Crippen LogP contribution in [0.2, 0.25) is 0 Å². The standard InChI is InChI=1S/C16H23N3O/c20-15(13-4-9-17-10-5-13)19-14-6-11-18-16(12-14)7-2-1-3-8-16/h4-5,9-10,14,18H,1-3,6-8,11-12H2,(H,19,20). The van der Waals surface area contributed by atoms with Crippen molar-refractivity contribution in [2.75, 3.05) is 6.54 Å². The van der Waals surface area contributed by atoms with Crippen LogP contribution in [0.25, 0.3) is 0 Å². The average molecular weight is 273 g/mol. The lowest BCUT2D eigenvalue weighted by molar-refractivity contribution is 0.0892. The molecule has 1 saturated carbocycles. The molecule has 1 unspecified atom stereocenters. The van der Waals surface area contributed by atoms with Gasteiger partial charge < -0.3 is 10.6 Å². The van der Waals surface area contributed by atoms with Gasteiger partial charge in [-0.05, 0) is 44.4 Å². The summed E-state index contributed by atoms with van der Waals surface area (Å²) >= 11 is 0. The highest BCUT2D eigenvalue weighted by Gasteiger charge is 2.37. The lowest BCUT2D eigenvalue weighted by Crippen LogP contribution is -2.57. The van der Waals surface area contributed by atoms with Crippen molar-refractivity contribution in [3.8, 4) is 0 Å². The van der Waals surface area contributed by atoms with E-state index in [9.17, 15) is 4.79 Å². The Morgan fingerprint density at radius 3 is 2.75 bits per heavy atom. The van der Waals surface area contributed by atoms with Gasteiger partial charge in [-0.15, -0.1) is 0 Å². The zero-order valence-electron chi connectivity index (χ0n) is 11.9. The van der Waals surface area contributed by atoms with E-state index in [2.05, 4.69) is 15.6 Å². The van der Waals surface area contributed by atoms with Gasteiger partial charge in [-0.1, -0.05) is 19.3 Å². The molecule has 4 nitrogen and oxygen atoms in total. The summed E-state index contributed by atoms with van der Waals surface area (Å²) in [6.45, 7) is 1.02.